The van der Waals surface area contributed by atoms with E-state index in [-0.39, 0.29) is 0 Å². The Hall–Kier alpha value is -3.34. The molecule has 0 spiro atoms. The van der Waals surface area contributed by atoms with E-state index in [2.05, 4.69) is 23.7 Å². The van der Waals surface area contributed by atoms with E-state index in [0.29, 0.717) is 22.3 Å². The molecule has 0 saturated heterocycles. The summed E-state index contributed by atoms with van der Waals surface area (Å²) in [6.45, 7) is 0. The molecule has 0 fully saturated rings. The van der Waals surface area contributed by atoms with Crippen LogP contribution in [0.5, 0.6) is 0 Å². The molecule has 0 unspecified atom stereocenters. The van der Waals surface area contributed by atoms with Crippen molar-refractivity contribution in [1.29, 1.82) is 0 Å². The first-order valence-electron chi connectivity index (χ1n) is 4.55. The van der Waals surface area contributed by atoms with E-state index >= 15 is 0 Å². The molecule has 1 rings (SSSR count). The predicted molar refractivity (Wildman–Crippen MR) is 61.7 cm³/mol. The molecule has 1 aromatic carbocycles. The molecule has 1 aromatic rings. The van der Waals surface area contributed by atoms with Gasteiger partial charge in [-0.05, 0) is 35.8 Å². The van der Waals surface area contributed by atoms with Gasteiger partial charge in [-0.25, -0.2) is 0 Å². The lowest BCUT2D eigenvalue weighted by atomic mass is 9.99. The SMILES string of the molecule is OC#Cc1cc(C#CO)c(C#CO)cc1C#CO. The zero-order valence-corrected chi connectivity index (χ0v) is 8.94. The first-order chi connectivity index (χ1) is 8.76. The number of aliphatic hydroxyl groups is 4. The van der Waals surface area contributed by atoms with E-state index in [9.17, 15) is 0 Å². The van der Waals surface area contributed by atoms with Crippen LogP contribution in [0.25, 0.3) is 0 Å². The molecule has 0 radical (unpaired) electrons. The number of hydrogen-bond donors (Lipinski definition) is 4. The lowest BCUT2D eigenvalue weighted by Gasteiger charge is -2.01. The van der Waals surface area contributed by atoms with Gasteiger partial charge in [0.2, 0.25) is 0 Å². The number of hydrogen-bond acceptors (Lipinski definition) is 4. The molecule has 0 aliphatic carbocycles. The fourth-order valence-electron chi connectivity index (χ4n) is 1.25. The standard InChI is InChI=1S/C14H6O4/c15-5-1-11-9-13(3-7-17)14(4-8-18)10-12(11)2-6-16/h9-10,15-18H. The van der Waals surface area contributed by atoms with Crippen LogP contribution in [0.15, 0.2) is 12.1 Å². The predicted octanol–water partition coefficient (Wildman–Crippen LogP) is 0.413. The summed E-state index contributed by atoms with van der Waals surface area (Å²) in [5.41, 5.74) is 1.22. The molecular weight excluding hydrogens is 232 g/mol. The molecule has 0 aromatic heterocycles. The van der Waals surface area contributed by atoms with Crippen molar-refractivity contribution in [2.45, 2.75) is 0 Å². The molecule has 0 bridgehead atoms. The Labute approximate surface area is 104 Å². The molecular formula is C14H6O4. The normalized spacial score (nSPS) is 7.11. The zero-order valence-electron chi connectivity index (χ0n) is 8.94. The summed E-state index contributed by atoms with van der Waals surface area (Å²) in [6, 6.07) is 2.84. The molecule has 4 nitrogen and oxygen atoms in total. The average Bonchev–Trinajstić information content (AvgIpc) is 2.35. The van der Waals surface area contributed by atoms with Crippen LogP contribution in [0.1, 0.15) is 22.3 Å². The Morgan fingerprint density at radius 3 is 0.889 bits per heavy atom. The van der Waals surface area contributed by atoms with Gasteiger partial charge in [-0.15, -0.1) is 0 Å². The topological polar surface area (TPSA) is 80.9 Å². The van der Waals surface area contributed by atoms with E-state index in [0.717, 1.165) is 0 Å². The van der Waals surface area contributed by atoms with Gasteiger partial charge < -0.3 is 20.4 Å². The minimum atomic E-state index is 0.306. The average molecular weight is 238 g/mol. The molecule has 0 saturated carbocycles. The lowest BCUT2D eigenvalue weighted by Crippen LogP contribution is -1.92. The van der Waals surface area contributed by atoms with Gasteiger partial charge in [0.25, 0.3) is 0 Å². The smallest absolute Gasteiger partial charge is 0.113 e. The summed E-state index contributed by atoms with van der Waals surface area (Å²) in [5, 5.41) is 34.3. The molecule has 86 valence electrons. The van der Waals surface area contributed by atoms with Crippen LogP contribution in [0, 0.1) is 48.1 Å². The molecule has 4 heteroatoms. The highest BCUT2D eigenvalue weighted by atomic mass is 16.2. The van der Waals surface area contributed by atoms with E-state index in [1.54, 1.807) is 24.4 Å². The highest BCUT2D eigenvalue weighted by molar-refractivity contribution is 5.60. The molecule has 0 heterocycles. The van der Waals surface area contributed by atoms with Crippen molar-refractivity contribution >= 4 is 0 Å². The van der Waals surface area contributed by atoms with Crippen LogP contribution in [0.3, 0.4) is 0 Å². The second kappa shape index (κ2) is 6.29. The van der Waals surface area contributed by atoms with E-state index < -0.39 is 0 Å². The third-order valence-electron chi connectivity index (χ3n) is 1.92. The van der Waals surface area contributed by atoms with Crippen molar-refractivity contribution in [3.63, 3.8) is 0 Å². The number of benzene rings is 1. The van der Waals surface area contributed by atoms with Crippen LogP contribution in [0.2, 0.25) is 0 Å². The van der Waals surface area contributed by atoms with Gasteiger partial charge in [-0.3, -0.25) is 0 Å². The van der Waals surface area contributed by atoms with Crippen LogP contribution in [-0.4, -0.2) is 20.4 Å². The molecule has 0 atom stereocenters. The highest BCUT2D eigenvalue weighted by Gasteiger charge is 2.05. The van der Waals surface area contributed by atoms with Gasteiger partial charge in [-0.1, -0.05) is 0 Å². The Morgan fingerprint density at radius 1 is 0.500 bits per heavy atom. The Kier molecular flexibility index (Phi) is 4.45. The largest absolute Gasteiger partial charge is 0.462 e. The van der Waals surface area contributed by atoms with Crippen molar-refractivity contribution in [2.24, 2.45) is 0 Å². The second-order valence-corrected chi connectivity index (χ2v) is 2.89. The highest BCUT2D eigenvalue weighted by Crippen LogP contribution is 2.15. The van der Waals surface area contributed by atoms with Gasteiger partial charge in [0.15, 0.2) is 0 Å². The first kappa shape index (κ1) is 12.7. The Balaban J connectivity index is 3.62. The fraction of sp³-hybridized carbons (Fsp3) is 0. The monoisotopic (exact) mass is 238 g/mol. The summed E-state index contributed by atoms with van der Waals surface area (Å²) >= 11 is 0. The van der Waals surface area contributed by atoms with Crippen molar-refractivity contribution in [1.82, 2.24) is 0 Å². The molecule has 0 aliphatic heterocycles. The quantitative estimate of drug-likeness (QED) is 0.493. The van der Waals surface area contributed by atoms with Crippen molar-refractivity contribution in [2.75, 3.05) is 0 Å². The molecule has 0 aliphatic rings. The van der Waals surface area contributed by atoms with Crippen molar-refractivity contribution in [3.8, 4) is 48.1 Å². The molecule has 0 amide bonds. The van der Waals surface area contributed by atoms with Gasteiger partial charge in [0.05, 0.1) is 0 Å². The summed E-state index contributed by atoms with van der Waals surface area (Å²) in [5.74, 6) is 9.44. The summed E-state index contributed by atoms with van der Waals surface area (Å²) < 4.78 is 0. The Morgan fingerprint density at radius 2 is 0.722 bits per heavy atom. The van der Waals surface area contributed by atoms with Crippen LogP contribution < -0.4 is 0 Å². The summed E-state index contributed by atoms with van der Waals surface area (Å²) in [7, 11) is 0. The van der Waals surface area contributed by atoms with Crippen LogP contribution in [0.4, 0.5) is 0 Å². The van der Waals surface area contributed by atoms with E-state index in [1.807, 2.05) is 0 Å². The number of rotatable bonds is 0. The third-order valence-corrected chi connectivity index (χ3v) is 1.92. The van der Waals surface area contributed by atoms with Crippen molar-refractivity contribution < 1.29 is 20.4 Å². The first-order valence-corrected chi connectivity index (χ1v) is 4.55. The van der Waals surface area contributed by atoms with Crippen LogP contribution in [-0.2, 0) is 0 Å². The van der Waals surface area contributed by atoms with Gasteiger partial charge in [0.1, 0.15) is 24.4 Å². The maximum absolute atomic E-state index is 8.58. The van der Waals surface area contributed by atoms with Gasteiger partial charge in [0, 0.05) is 22.3 Å². The number of aliphatic hydroxyl groups excluding tert-OH is 4. The third kappa shape index (κ3) is 2.83. The van der Waals surface area contributed by atoms with E-state index in [1.165, 1.54) is 12.1 Å². The Bertz CT molecular complexity index is 579. The minimum absolute atomic E-state index is 0.306. The maximum Gasteiger partial charge on any atom is 0.113 e. The molecule has 4 N–H and O–H groups in total. The van der Waals surface area contributed by atoms with Gasteiger partial charge in [-0.2, -0.15) is 0 Å². The van der Waals surface area contributed by atoms with Gasteiger partial charge >= 0.3 is 0 Å². The minimum Gasteiger partial charge on any atom is -0.462 e. The van der Waals surface area contributed by atoms with Crippen LogP contribution >= 0.6 is 0 Å². The summed E-state index contributed by atoms with van der Waals surface area (Å²) in [4.78, 5) is 0. The zero-order chi connectivity index (χ0) is 13.4. The molecule has 18 heavy (non-hydrogen) atoms. The lowest BCUT2D eigenvalue weighted by molar-refractivity contribution is 0.516. The van der Waals surface area contributed by atoms with E-state index in [4.69, 9.17) is 20.4 Å². The maximum atomic E-state index is 8.58. The van der Waals surface area contributed by atoms with Crippen molar-refractivity contribution in [3.05, 3.63) is 34.4 Å². The fourth-order valence-corrected chi connectivity index (χ4v) is 1.25. The second-order valence-electron chi connectivity index (χ2n) is 2.89. The summed E-state index contributed by atoms with van der Waals surface area (Å²) in [6.07, 6.45) is 6.83.